The summed E-state index contributed by atoms with van der Waals surface area (Å²) in [6.07, 6.45) is 4.30. The molecule has 20 heavy (non-hydrogen) atoms. The van der Waals surface area contributed by atoms with E-state index < -0.39 is 0 Å². The number of esters is 1. The molecule has 2 rings (SSSR count). The first-order valence-corrected chi connectivity index (χ1v) is 6.97. The third-order valence-electron chi connectivity index (χ3n) is 3.01. The summed E-state index contributed by atoms with van der Waals surface area (Å²) in [6.45, 7) is 2.12. The monoisotopic (exact) mass is 337 g/mol. The molecule has 0 aliphatic rings. The van der Waals surface area contributed by atoms with E-state index in [1.807, 2.05) is 13.2 Å². The minimum Gasteiger partial charge on any atom is -0.462 e. The highest BCUT2D eigenvalue weighted by atomic mass is 79.9. The fourth-order valence-electron chi connectivity index (χ4n) is 1.85. The Bertz CT molecular complexity index is 637. The molecule has 0 saturated heterocycles. The minimum atomic E-state index is -0.362. The Morgan fingerprint density at radius 1 is 1.50 bits per heavy atom. The fraction of sp³-hybridized carbons (Fsp3) is 0.286. The summed E-state index contributed by atoms with van der Waals surface area (Å²) < 4.78 is 7.76. The number of nitrogens with zero attached hydrogens (tertiary/aromatic N) is 2. The van der Waals surface area contributed by atoms with Crippen LogP contribution >= 0.6 is 15.9 Å². The highest BCUT2D eigenvalue weighted by Gasteiger charge is 2.13. The normalized spacial score (nSPS) is 10.6. The Labute approximate surface area is 125 Å². The number of rotatable bonds is 4. The van der Waals surface area contributed by atoms with Crippen molar-refractivity contribution in [2.24, 2.45) is 7.05 Å². The molecule has 0 radical (unpaired) electrons. The Morgan fingerprint density at radius 2 is 2.25 bits per heavy atom. The van der Waals surface area contributed by atoms with E-state index in [1.54, 1.807) is 29.9 Å². The molecule has 1 aromatic heterocycles. The first-order chi connectivity index (χ1) is 9.47. The van der Waals surface area contributed by atoms with Gasteiger partial charge in [-0.2, -0.15) is 5.10 Å². The number of hydrogen-bond donors (Lipinski definition) is 1. The average Bonchev–Trinajstić information content (AvgIpc) is 2.79. The first kappa shape index (κ1) is 14.6. The van der Waals surface area contributed by atoms with Crippen molar-refractivity contribution in [1.29, 1.82) is 0 Å². The molecular formula is C14H16BrN3O2. The number of aryl methyl sites for hydroxylation is 1. The third kappa shape index (κ3) is 3.39. The van der Waals surface area contributed by atoms with Crippen LogP contribution in [-0.2, 0) is 18.2 Å². The maximum absolute atomic E-state index is 12.0. The molecule has 2 N–H and O–H groups in total. The van der Waals surface area contributed by atoms with Crippen LogP contribution in [0.1, 0.15) is 21.5 Å². The molecule has 106 valence electrons. The SMILES string of the molecule is Cc1c(N)cc(Br)cc1C(=O)OCCc1cnn(C)c1. The molecule has 5 nitrogen and oxygen atoms in total. The largest absolute Gasteiger partial charge is 0.462 e. The summed E-state index contributed by atoms with van der Waals surface area (Å²) in [5.74, 6) is -0.362. The zero-order valence-electron chi connectivity index (χ0n) is 11.4. The second-order valence-corrected chi connectivity index (χ2v) is 5.49. The van der Waals surface area contributed by atoms with Gasteiger partial charge in [0.1, 0.15) is 0 Å². The van der Waals surface area contributed by atoms with Crippen molar-refractivity contribution in [2.45, 2.75) is 13.3 Å². The van der Waals surface area contributed by atoms with E-state index in [-0.39, 0.29) is 5.97 Å². The van der Waals surface area contributed by atoms with Crippen LogP contribution in [0.15, 0.2) is 29.0 Å². The smallest absolute Gasteiger partial charge is 0.338 e. The molecule has 0 amide bonds. The first-order valence-electron chi connectivity index (χ1n) is 6.17. The van der Waals surface area contributed by atoms with Crippen molar-refractivity contribution in [3.63, 3.8) is 0 Å². The van der Waals surface area contributed by atoms with Gasteiger partial charge in [-0.05, 0) is 30.2 Å². The van der Waals surface area contributed by atoms with E-state index in [0.717, 1.165) is 15.6 Å². The van der Waals surface area contributed by atoms with Crippen LogP contribution in [0, 0.1) is 6.92 Å². The van der Waals surface area contributed by atoms with Crippen molar-refractivity contribution in [1.82, 2.24) is 9.78 Å². The van der Waals surface area contributed by atoms with Crippen LogP contribution in [0.2, 0.25) is 0 Å². The van der Waals surface area contributed by atoms with Crippen LogP contribution in [0.4, 0.5) is 5.69 Å². The number of anilines is 1. The highest BCUT2D eigenvalue weighted by molar-refractivity contribution is 9.10. The predicted molar refractivity (Wildman–Crippen MR) is 80.5 cm³/mol. The molecule has 0 bridgehead atoms. The lowest BCUT2D eigenvalue weighted by Crippen LogP contribution is -2.10. The molecule has 1 aromatic carbocycles. The van der Waals surface area contributed by atoms with E-state index in [0.29, 0.717) is 24.3 Å². The molecule has 1 heterocycles. The lowest BCUT2D eigenvalue weighted by Gasteiger charge is -2.09. The van der Waals surface area contributed by atoms with Gasteiger partial charge >= 0.3 is 5.97 Å². The molecule has 0 fully saturated rings. The summed E-state index contributed by atoms with van der Waals surface area (Å²) in [5.41, 5.74) is 8.66. The van der Waals surface area contributed by atoms with Crippen molar-refractivity contribution >= 4 is 27.6 Å². The Hall–Kier alpha value is -1.82. The van der Waals surface area contributed by atoms with Gasteiger partial charge in [0, 0.05) is 29.8 Å². The number of ether oxygens (including phenoxy) is 1. The average molecular weight is 338 g/mol. The summed E-state index contributed by atoms with van der Waals surface area (Å²) in [5, 5.41) is 4.06. The van der Waals surface area contributed by atoms with E-state index in [4.69, 9.17) is 10.5 Å². The molecule has 0 aliphatic carbocycles. The second kappa shape index (κ2) is 6.09. The second-order valence-electron chi connectivity index (χ2n) is 4.58. The van der Waals surface area contributed by atoms with Gasteiger partial charge in [-0.25, -0.2) is 4.79 Å². The number of nitrogen functional groups attached to an aromatic ring is 1. The Balaban J connectivity index is 1.98. The van der Waals surface area contributed by atoms with E-state index in [9.17, 15) is 4.79 Å². The maximum Gasteiger partial charge on any atom is 0.338 e. The van der Waals surface area contributed by atoms with Gasteiger partial charge in [0.15, 0.2) is 0 Å². The van der Waals surface area contributed by atoms with Crippen molar-refractivity contribution < 1.29 is 9.53 Å². The van der Waals surface area contributed by atoms with Crippen LogP contribution in [0.25, 0.3) is 0 Å². The van der Waals surface area contributed by atoms with Crippen molar-refractivity contribution in [2.75, 3.05) is 12.3 Å². The van der Waals surface area contributed by atoms with Gasteiger partial charge in [0.25, 0.3) is 0 Å². The Morgan fingerprint density at radius 3 is 2.90 bits per heavy atom. The number of nitrogens with two attached hydrogens (primary N) is 1. The molecule has 0 unspecified atom stereocenters. The molecular weight excluding hydrogens is 322 g/mol. The van der Waals surface area contributed by atoms with Crippen LogP contribution < -0.4 is 5.73 Å². The molecule has 0 spiro atoms. The van der Waals surface area contributed by atoms with Crippen molar-refractivity contribution in [3.05, 3.63) is 45.7 Å². The number of hydrogen-bond acceptors (Lipinski definition) is 4. The lowest BCUT2D eigenvalue weighted by molar-refractivity contribution is 0.0508. The molecule has 0 atom stereocenters. The molecule has 0 saturated carbocycles. The van der Waals surface area contributed by atoms with E-state index in [1.165, 1.54) is 0 Å². The quantitative estimate of drug-likeness (QED) is 0.687. The van der Waals surface area contributed by atoms with Gasteiger partial charge < -0.3 is 10.5 Å². The third-order valence-corrected chi connectivity index (χ3v) is 3.47. The fourth-order valence-corrected chi connectivity index (χ4v) is 2.33. The summed E-state index contributed by atoms with van der Waals surface area (Å²) in [7, 11) is 1.85. The maximum atomic E-state index is 12.0. The molecule has 6 heteroatoms. The highest BCUT2D eigenvalue weighted by Crippen LogP contribution is 2.23. The molecule has 0 aliphatic heterocycles. The predicted octanol–water partition coefficient (Wildman–Crippen LogP) is 2.47. The summed E-state index contributed by atoms with van der Waals surface area (Å²) in [4.78, 5) is 12.0. The number of aromatic nitrogens is 2. The van der Waals surface area contributed by atoms with E-state index >= 15 is 0 Å². The van der Waals surface area contributed by atoms with Gasteiger partial charge in [-0.3, -0.25) is 4.68 Å². The van der Waals surface area contributed by atoms with Gasteiger partial charge in [-0.1, -0.05) is 15.9 Å². The standard InChI is InChI=1S/C14H16BrN3O2/c1-9-12(5-11(15)6-13(9)16)14(19)20-4-3-10-7-17-18(2)8-10/h5-8H,3-4,16H2,1-2H3. The Kier molecular flexibility index (Phi) is 4.44. The number of halogens is 1. The van der Waals surface area contributed by atoms with E-state index in [2.05, 4.69) is 21.0 Å². The summed E-state index contributed by atoms with van der Waals surface area (Å²) >= 11 is 3.32. The number of carbonyl (C=O) groups excluding carboxylic acids is 1. The number of carbonyl (C=O) groups is 1. The summed E-state index contributed by atoms with van der Waals surface area (Å²) in [6, 6.07) is 3.49. The van der Waals surface area contributed by atoms with Crippen LogP contribution in [0.5, 0.6) is 0 Å². The van der Waals surface area contributed by atoms with Crippen LogP contribution in [0.3, 0.4) is 0 Å². The zero-order valence-corrected chi connectivity index (χ0v) is 13.0. The van der Waals surface area contributed by atoms with Gasteiger partial charge in [0.05, 0.1) is 18.4 Å². The minimum absolute atomic E-state index is 0.316. The van der Waals surface area contributed by atoms with Gasteiger partial charge in [0.2, 0.25) is 0 Å². The molecule has 2 aromatic rings. The van der Waals surface area contributed by atoms with Crippen LogP contribution in [-0.4, -0.2) is 22.4 Å². The van der Waals surface area contributed by atoms with Crippen molar-refractivity contribution in [3.8, 4) is 0 Å². The number of benzene rings is 1. The van der Waals surface area contributed by atoms with Gasteiger partial charge in [-0.15, -0.1) is 0 Å². The topological polar surface area (TPSA) is 70.1 Å². The lowest BCUT2D eigenvalue weighted by atomic mass is 10.1. The zero-order chi connectivity index (χ0) is 14.7.